The van der Waals surface area contributed by atoms with Gasteiger partial charge in [-0.25, -0.2) is 4.79 Å². The Morgan fingerprint density at radius 2 is 1.80 bits per heavy atom. The van der Waals surface area contributed by atoms with Crippen LogP contribution in [0.15, 0.2) is 35.7 Å². The maximum atomic E-state index is 12.2. The molecular weight excluding hydrogens is 340 g/mol. The van der Waals surface area contributed by atoms with E-state index in [4.69, 9.17) is 4.74 Å². The fraction of sp³-hybridized carbons (Fsp3) is 0.278. The second-order valence-electron chi connectivity index (χ2n) is 5.70. The van der Waals surface area contributed by atoms with Gasteiger partial charge in [0.05, 0.1) is 5.56 Å². The quantitative estimate of drug-likeness (QED) is 0.648. The van der Waals surface area contributed by atoms with E-state index in [0.717, 1.165) is 31.2 Å². The van der Waals surface area contributed by atoms with E-state index >= 15 is 0 Å². The first-order valence-electron chi connectivity index (χ1n) is 8.06. The Hall–Kier alpha value is -2.67. The van der Waals surface area contributed by atoms with Gasteiger partial charge in [0.2, 0.25) is 0 Å². The van der Waals surface area contributed by atoms with E-state index in [0.29, 0.717) is 11.1 Å². The number of esters is 1. The molecule has 2 aromatic rings. The van der Waals surface area contributed by atoms with Gasteiger partial charge in [0, 0.05) is 15.8 Å². The molecule has 2 N–H and O–H groups in total. The van der Waals surface area contributed by atoms with Crippen LogP contribution in [0.5, 0.6) is 0 Å². The highest BCUT2D eigenvalue weighted by Crippen LogP contribution is 2.30. The summed E-state index contributed by atoms with van der Waals surface area (Å²) in [6.07, 6.45) is 4.09. The fourth-order valence-electron chi connectivity index (χ4n) is 2.70. The van der Waals surface area contributed by atoms with Gasteiger partial charge >= 0.3 is 5.97 Å². The molecule has 3 rings (SSSR count). The Balaban J connectivity index is 1.47. The number of carbonyl (C=O) groups excluding carboxylic acids is 3. The molecule has 7 heteroatoms. The molecule has 0 fully saturated rings. The number of amides is 2. The number of thiophene rings is 1. The molecule has 1 heterocycles. The minimum absolute atomic E-state index is 0.421. The minimum Gasteiger partial charge on any atom is -0.452 e. The molecule has 0 radical (unpaired) electrons. The zero-order chi connectivity index (χ0) is 17.6. The number of benzene rings is 1. The first-order valence-corrected chi connectivity index (χ1v) is 8.93. The van der Waals surface area contributed by atoms with E-state index in [1.165, 1.54) is 4.88 Å². The summed E-state index contributed by atoms with van der Waals surface area (Å²) in [5.74, 6) is -1.53. The van der Waals surface area contributed by atoms with Crippen LogP contribution in [0.1, 0.15) is 44.0 Å². The molecule has 0 saturated heterocycles. The van der Waals surface area contributed by atoms with E-state index in [-0.39, 0.29) is 0 Å². The number of hydrogen-bond acceptors (Lipinski definition) is 5. The second kappa shape index (κ2) is 7.94. The van der Waals surface area contributed by atoms with Crippen molar-refractivity contribution in [3.63, 3.8) is 0 Å². The summed E-state index contributed by atoms with van der Waals surface area (Å²) in [5.41, 5.74) is 6.54. The van der Waals surface area contributed by atoms with Gasteiger partial charge in [-0.3, -0.25) is 20.4 Å². The minimum atomic E-state index is -0.596. The van der Waals surface area contributed by atoms with Gasteiger partial charge in [-0.15, -0.1) is 11.3 Å². The van der Waals surface area contributed by atoms with Crippen LogP contribution < -0.4 is 10.9 Å². The number of hydrazine groups is 1. The molecule has 130 valence electrons. The van der Waals surface area contributed by atoms with E-state index in [1.54, 1.807) is 47.0 Å². The fourth-order valence-corrected chi connectivity index (χ4v) is 3.81. The molecule has 0 spiro atoms. The monoisotopic (exact) mass is 358 g/mol. The van der Waals surface area contributed by atoms with E-state index in [2.05, 4.69) is 10.9 Å². The lowest BCUT2D eigenvalue weighted by atomic mass is 9.96. The first-order chi connectivity index (χ1) is 12.1. The molecule has 1 aromatic heterocycles. The third-order valence-electron chi connectivity index (χ3n) is 3.97. The number of fused-ring (bicyclic) bond motifs is 1. The second-order valence-corrected chi connectivity index (χ2v) is 6.67. The Morgan fingerprint density at radius 3 is 2.60 bits per heavy atom. The lowest BCUT2D eigenvalue weighted by Crippen LogP contribution is -2.43. The lowest BCUT2D eigenvalue weighted by molar-refractivity contribution is -0.125. The summed E-state index contributed by atoms with van der Waals surface area (Å²) >= 11 is 1.57. The molecule has 0 atom stereocenters. The largest absolute Gasteiger partial charge is 0.452 e. The Kier molecular flexibility index (Phi) is 5.45. The van der Waals surface area contributed by atoms with E-state index < -0.39 is 24.4 Å². The van der Waals surface area contributed by atoms with Crippen molar-refractivity contribution in [3.8, 4) is 0 Å². The molecule has 0 saturated carbocycles. The van der Waals surface area contributed by atoms with Gasteiger partial charge in [-0.05, 0) is 43.4 Å². The summed E-state index contributed by atoms with van der Waals surface area (Å²) in [6.45, 7) is -0.446. The van der Waals surface area contributed by atoms with Crippen molar-refractivity contribution in [3.05, 3.63) is 57.3 Å². The Labute approximate surface area is 149 Å². The maximum absolute atomic E-state index is 12.2. The van der Waals surface area contributed by atoms with Gasteiger partial charge in [0.25, 0.3) is 11.8 Å². The van der Waals surface area contributed by atoms with Crippen molar-refractivity contribution < 1.29 is 19.1 Å². The maximum Gasteiger partial charge on any atom is 0.339 e. The predicted octanol–water partition coefficient (Wildman–Crippen LogP) is 2.24. The number of nitrogens with one attached hydrogen (secondary N) is 2. The average molecular weight is 358 g/mol. The van der Waals surface area contributed by atoms with Gasteiger partial charge in [-0.1, -0.05) is 18.2 Å². The van der Waals surface area contributed by atoms with Crippen LogP contribution in [0, 0.1) is 0 Å². The van der Waals surface area contributed by atoms with Gasteiger partial charge in [0.1, 0.15) is 0 Å². The number of rotatable bonds is 4. The number of aryl methyl sites for hydroxylation is 1. The molecule has 2 amide bonds. The molecular formula is C18H18N2O4S. The molecule has 1 aromatic carbocycles. The molecule has 0 bridgehead atoms. The highest BCUT2D eigenvalue weighted by atomic mass is 32.1. The van der Waals surface area contributed by atoms with Crippen LogP contribution in [-0.4, -0.2) is 24.4 Å². The lowest BCUT2D eigenvalue weighted by Gasteiger charge is -2.12. The predicted molar refractivity (Wildman–Crippen MR) is 93.3 cm³/mol. The van der Waals surface area contributed by atoms with Crippen LogP contribution in [0.3, 0.4) is 0 Å². The van der Waals surface area contributed by atoms with Gasteiger partial charge in [0.15, 0.2) is 6.61 Å². The molecule has 25 heavy (non-hydrogen) atoms. The van der Waals surface area contributed by atoms with Crippen LogP contribution >= 0.6 is 11.3 Å². The van der Waals surface area contributed by atoms with Crippen LogP contribution in [0.2, 0.25) is 0 Å². The highest BCUT2D eigenvalue weighted by Gasteiger charge is 2.21. The summed E-state index contributed by atoms with van der Waals surface area (Å²) < 4.78 is 5.06. The van der Waals surface area contributed by atoms with Crippen molar-refractivity contribution in [1.82, 2.24) is 10.9 Å². The van der Waals surface area contributed by atoms with Gasteiger partial charge in [-0.2, -0.15) is 0 Å². The van der Waals surface area contributed by atoms with Crippen molar-refractivity contribution in [2.45, 2.75) is 25.7 Å². The topological polar surface area (TPSA) is 84.5 Å². The first kappa shape index (κ1) is 17.2. The summed E-state index contributed by atoms with van der Waals surface area (Å²) in [4.78, 5) is 36.9. The Bertz CT molecular complexity index is 786. The molecule has 0 unspecified atom stereocenters. The average Bonchev–Trinajstić information content (AvgIpc) is 3.09. The summed E-state index contributed by atoms with van der Waals surface area (Å²) in [7, 11) is 0. The Morgan fingerprint density at radius 1 is 1.04 bits per heavy atom. The van der Waals surface area contributed by atoms with Crippen LogP contribution in [0.25, 0.3) is 0 Å². The normalized spacial score (nSPS) is 12.8. The third kappa shape index (κ3) is 4.24. The molecule has 1 aliphatic rings. The van der Waals surface area contributed by atoms with E-state index in [9.17, 15) is 14.4 Å². The van der Waals surface area contributed by atoms with Crippen LogP contribution in [-0.2, 0) is 22.4 Å². The third-order valence-corrected chi connectivity index (χ3v) is 5.06. The van der Waals surface area contributed by atoms with Gasteiger partial charge < -0.3 is 4.74 Å². The van der Waals surface area contributed by atoms with Crippen molar-refractivity contribution >= 4 is 29.1 Å². The van der Waals surface area contributed by atoms with Crippen LogP contribution in [0.4, 0.5) is 0 Å². The van der Waals surface area contributed by atoms with Crippen molar-refractivity contribution in [1.29, 1.82) is 0 Å². The molecule has 6 nitrogen and oxygen atoms in total. The molecule has 1 aliphatic carbocycles. The standard InChI is InChI=1S/C18H18N2O4S/c21-16(19-20-17(22)12-6-2-1-3-7-12)10-24-18(23)14-11-25-15-9-5-4-8-13(14)15/h1-3,6-7,11H,4-5,8-10H2,(H,19,21)(H,20,22). The smallest absolute Gasteiger partial charge is 0.339 e. The van der Waals surface area contributed by atoms with Crippen molar-refractivity contribution in [2.24, 2.45) is 0 Å². The summed E-state index contributed by atoms with van der Waals surface area (Å²) in [5, 5.41) is 1.80. The number of hydrogen-bond donors (Lipinski definition) is 2. The zero-order valence-corrected chi connectivity index (χ0v) is 14.4. The summed E-state index contributed by atoms with van der Waals surface area (Å²) in [6, 6.07) is 8.49. The number of ether oxygens (including phenoxy) is 1. The number of carbonyl (C=O) groups is 3. The van der Waals surface area contributed by atoms with E-state index in [1.807, 2.05) is 0 Å². The highest BCUT2D eigenvalue weighted by molar-refractivity contribution is 7.10. The zero-order valence-electron chi connectivity index (χ0n) is 13.5. The molecule has 0 aliphatic heterocycles. The SMILES string of the molecule is O=C(COC(=O)c1csc2c1CCCC2)NNC(=O)c1ccccc1. The van der Waals surface area contributed by atoms with Crippen molar-refractivity contribution in [2.75, 3.05) is 6.61 Å².